The molecule has 2 atom stereocenters. The van der Waals surface area contributed by atoms with Gasteiger partial charge in [0.1, 0.15) is 25.2 Å². The first-order valence-corrected chi connectivity index (χ1v) is 19.5. The largest absolute Gasteiger partial charge is 0.497 e. The fourth-order valence-electron chi connectivity index (χ4n) is 8.60. The van der Waals surface area contributed by atoms with E-state index >= 15 is 0 Å². The highest BCUT2D eigenvalue weighted by molar-refractivity contribution is 6.84. The Kier molecular flexibility index (Phi) is 7.74. The number of benzene rings is 2. The summed E-state index contributed by atoms with van der Waals surface area (Å²) >= 11 is 0. The molecule has 0 radical (unpaired) electrons. The Morgan fingerprint density at radius 3 is 2.20 bits per heavy atom. The van der Waals surface area contributed by atoms with Gasteiger partial charge in [0.25, 0.3) is 5.91 Å². The van der Waals surface area contributed by atoms with Crippen LogP contribution in [0.5, 0.6) is 11.5 Å². The summed E-state index contributed by atoms with van der Waals surface area (Å²) in [6.45, 7) is 8.80. The number of fused-ring (bicyclic) bond motifs is 1. The zero-order valence-corrected chi connectivity index (χ0v) is 26.7. The minimum Gasteiger partial charge on any atom is -0.497 e. The standard InChI is InChI=1S/C36H47NO3Si/c1-6-7-8-30-20-29-21-32(39-2)13-14-33(29)35(37(30)34(38)15-16-41(3,4)5)28-9-11-31(12-10-28)40-36-22-25-17-26(23-36)19-27(18-25)24-36/h9-14,21,25-27,30,35H,6-8,17-20,22-24H2,1-5H3/t25?,26?,27?,30-,35+,36?/m0/s1. The van der Waals surface area contributed by atoms with E-state index in [-0.39, 0.29) is 23.6 Å². The first-order chi connectivity index (χ1) is 19.6. The van der Waals surface area contributed by atoms with E-state index < -0.39 is 8.07 Å². The lowest BCUT2D eigenvalue weighted by atomic mass is 9.54. The van der Waals surface area contributed by atoms with Crippen LogP contribution in [0, 0.1) is 29.2 Å². The predicted molar refractivity (Wildman–Crippen MR) is 168 cm³/mol. The van der Waals surface area contributed by atoms with Crippen LogP contribution in [0.2, 0.25) is 19.6 Å². The zero-order valence-electron chi connectivity index (χ0n) is 25.7. The molecule has 4 saturated carbocycles. The Morgan fingerprint density at radius 2 is 1.61 bits per heavy atom. The van der Waals surface area contributed by atoms with E-state index in [2.05, 4.69) is 79.3 Å². The van der Waals surface area contributed by atoms with Crippen molar-refractivity contribution < 1.29 is 14.3 Å². The first-order valence-electron chi connectivity index (χ1n) is 16.0. The number of hydrogen-bond donors (Lipinski definition) is 0. The maximum atomic E-state index is 13.9. The van der Waals surface area contributed by atoms with Crippen LogP contribution in [0.4, 0.5) is 0 Å². The summed E-state index contributed by atoms with van der Waals surface area (Å²) in [4.78, 5) is 16.0. The molecule has 0 saturated heterocycles. The minimum atomic E-state index is -1.70. The van der Waals surface area contributed by atoms with Crippen LogP contribution in [0.25, 0.3) is 0 Å². The molecule has 4 bridgehead atoms. The van der Waals surface area contributed by atoms with Gasteiger partial charge in [-0.25, -0.2) is 0 Å². The van der Waals surface area contributed by atoms with E-state index in [1.165, 1.54) is 49.7 Å². The van der Waals surface area contributed by atoms with Crippen LogP contribution in [-0.4, -0.2) is 37.6 Å². The van der Waals surface area contributed by atoms with E-state index in [1.807, 2.05) is 6.07 Å². The number of unbranched alkanes of at least 4 members (excludes halogenated alkanes) is 1. The lowest BCUT2D eigenvalue weighted by molar-refractivity contribution is -0.130. The van der Waals surface area contributed by atoms with Gasteiger partial charge < -0.3 is 14.4 Å². The number of carbonyl (C=O) groups excluding carboxylic acids is 1. The molecule has 7 rings (SSSR count). The third-order valence-corrected chi connectivity index (χ3v) is 10.8. The van der Waals surface area contributed by atoms with E-state index in [4.69, 9.17) is 9.47 Å². The van der Waals surface area contributed by atoms with E-state index in [0.717, 1.165) is 60.5 Å². The quantitative estimate of drug-likeness (QED) is 0.251. The van der Waals surface area contributed by atoms with Crippen molar-refractivity contribution in [2.45, 2.75) is 108 Å². The second kappa shape index (κ2) is 11.2. The van der Waals surface area contributed by atoms with Crippen LogP contribution in [0.3, 0.4) is 0 Å². The average Bonchev–Trinajstić information content (AvgIpc) is 2.92. The van der Waals surface area contributed by atoms with Crippen molar-refractivity contribution in [3.8, 4) is 23.0 Å². The monoisotopic (exact) mass is 569 g/mol. The molecule has 2 aromatic rings. The molecule has 5 aliphatic rings. The van der Waals surface area contributed by atoms with Crippen LogP contribution < -0.4 is 9.47 Å². The SMILES string of the molecule is CCCC[C@H]1Cc2cc(OC)ccc2[C@@H](c2ccc(OC34CC5CC(CC(C5)C3)C4)cc2)N1C(=O)C#C[Si](C)(C)C. The average molecular weight is 570 g/mol. The molecule has 41 heavy (non-hydrogen) atoms. The number of nitrogens with zero attached hydrogens (tertiary/aromatic N) is 1. The van der Waals surface area contributed by atoms with Gasteiger partial charge in [0.2, 0.25) is 0 Å². The number of methoxy groups -OCH3 is 1. The molecule has 0 spiro atoms. The molecule has 4 nitrogen and oxygen atoms in total. The number of carbonyl (C=O) groups is 1. The Hall–Kier alpha value is -2.71. The van der Waals surface area contributed by atoms with Gasteiger partial charge in [0, 0.05) is 6.04 Å². The maximum absolute atomic E-state index is 13.9. The van der Waals surface area contributed by atoms with Crippen LogP contribution in [0.15, 0.2) is 42.5 Å². The van der Waals surface area contributed by atoms with Crippen molar-refractivity contribution in [3.05, 3.63) is 59.2 Å². The maximum Gasteiger partial charge on any atom is 0.298 e. The van der Waals surface area contributed by atoms with Crippen molar-refractivity contribution in [2.24, 2.45) is 17.8 Å². The summed E-state index contributed by atoms with van der Waals surface area (Å²) in [5, 5.41) is 0. The van der Waals surface area contributed by atoms with Gasteiger partial charge in [-0.3, -0.25) is 4.79 Å². The van der Waals surface area contributed by atoms with Crippen LogP contribution in [0.1, 0.15) is 87.4 Å². The Bertz CT molecular complexity index is 1300. The molecule has 1 heterocycles. The Morgan fingerprint density at radius 1 is 0.976 bits per heavy atom. The molecule has 218 valence electrons. The van der Waals surface area contributed by atoms with Gasteiger partial charge in [-0.2, -0.15) is 0 Å². The summed E-state index contributed by atoms with van der Waals surface area (Å²) in [6, 6.07) is 15.0. The molecule has 1 aliphatic heterocycles. The molecular weight excluding hydrogens is 522 g/mol. The summed E-state index contributed by atoms with van der Waals surface area (Å²) in [5.74, 6) is 7.46. The van der Waals surface area contributed by atoms with E-state index in [9.17, 15) is 4.79 Å². The number of hydrogen-bond acceptors (Lipinski definition) is 3. The Balaban J connectivity index is 1.34. The first kappa shape index (κ1) is 28.4. The van der Waals surface area contributed by atoms with E-state index in [0.29, 0.717) is 0 Å². The normalized spacial score (nSPS) is 29.9. The third-order valence-electron chi connectivity index (χ3n) is 9.95. The van der Waals surface area contributed by atoms with Crippen LogP contribution in [-0.2, 0) is 11.2 Å². The fraction of sp³-hybridized carbons (Fsp3) is 0.583. The van der Waals surface area contributed by atoms with Crippen molar-refractivity contribution in [1.29, 1.82) is 0 Å². The highest BCUT2D eigenvalue weighted by Gasteiger charge is 2.52. The smallest absolute Gasteiger partial charge is 0.298 e. The number of rotatable bonds is 7. The summed E-state index contributed by atoms with van der Waals surface area (Å²) in [5.41, 5.74) is 6.95. The van der Waals surface area contributed by atoms with Crippen molar-refractivity contribution in [3.63, 3.8) is 0 Å². The van der Waals surface area contributed by atoms with Crippen LogP contribution >= 0.6 is 0 Å². The molecule has 2 aromatic carbocycles. The molecule has 0 aromatic heterocycles. The highest BCUT2D eigenvalue weighted by Crippen LogP contribution is 2.57. The summed E-state index contributed by atoms with van der Waals surface area (Å²) < 4.78 is 12.5. The third kappa shape index (κ3) is 5.96. The van der Waals surface area contributed by atoms with Crippen molar-refractivity contribution in [2.75, 3.05) is 7.11 Å². The van der Waals surface area contributed by atoms with Gasteiger partial charge in [-0.1, -0.05) is 57.6 Å². The van der Waals surface area contributed by atoms with Gasteiger partial charge in [-0.05, 0) is 116 Å². The topological polar surface area (TPSA) is 38.8 Å². The lowest BCUT2D eigenvalue weighted by Crippen LogP contribution is -2.53. The molecule has 4 aliphatic carbocycles. The van der Waals surface area contributed by atoms with Crippen molar-refractivity contribution in [1.82, 2.24) is 4.90 Å². The molecule has 0 N–H and O–H groups in total. The molecule has 1 amide bonds. The van der Waals surface area contributed by atoms with Gasteiger partial charge in [-0.15, -0.1) is 5.54 Å². The molecule has 4 fully saturated rings. The summed E-state index contributed by atoms with van der Waals surface area (Å²) in [7, 11) is 0.0231. The fourth-order valence-corrected chi connectivity index (χ4v) is 9.08. The lowest BCUT2D eigenvalue weighted by Gasteiger charge is -2.56. The summed E-state index contributed by atoms with van der Waals surface area (Å²) in [6.07, 6.45) is 11.9. The van der Waals surface area contributed by atoms with Gasteiger partial charge >= 0.3 is 0 Å². The molecular formula is C36H47NO3Si. The van der Waals surface area contributed by atoms with Gasteiger partial charge in [0.05, 0.1) is 13.2 Å². The second-order valence-corrected chi connectivity index (χ2v) is 19.2. The zero-order chi connectivity index (χ0) is 28.8. The highest BCUT2D eigenvalue weighted by atomic mass is 28.3. The predicted octanol–water partition coefficient (Wildman–Crippen LogP) is 7.96. The minimum absolute atomic E-state index is 0.0317. The van der Waals surface area contributed by atoms with Crippen molar-refractivity contribution >= 4 is 14.0 Å². The number of amides is 1. The van der Waals surface area contributed by atoms with Gasteiger partial charge in [0.15, 0.2) is 0 Å². The molecule has 5 heteroatoms. The number of ether oxygens (including phenoxy) is 2. The second-order valence-electron chi connectivity index (χ2n) is 14.5. The van der Waals surface area contributed by atoms with E-state index in [1.54, 1.807) is 7.11 Å². The Labute approximate surface area is 248 Å². The molecule has 0 unspecified atom stereocenters.